The van der Waals surface area contributed by atoms with Crippen LogP contribution in [0.2, 0.25) is 0 Å². The first-order valence-corrected chi connectivity index (χ1v) is 9.71. The van der Waals surface area contributed by atoms with Crippen LogP contribution in [0.15, 0.2) is 28.7 Å². The third kappa shape index (κ3) is 4.96. The van der Waals surface area contributed by atoms with Crippen LogP contribution in [-0.2, 0) is 10.2 Å². The molecule has 1 saturated carbocycles. The number of nitrogens with one attached hydrogen (secondary N) is 2. The summed E-state index contributed by atoms with van der Waals surface area (Å²) in [5.41, 5.74) is 1.54. The Morgan fingerprint density at radius 3 is 2.46 bits per heavy atom. The molecule has 2 N–H and O–H groups in total. The minimum atomic E-state index is 0. The fraction of sp³-hybridized carbons (Fsp3) is 0.632. The number of hydrogen-bond acceptors (Lipinski definition) is 2. The van der Waals surface area contributed by atoms with Crippen molar-refractivity contribution >= 4 is 34.2 Å². The number of carbonyl (C=O) groups is 1. The van der Waals surface area contributed by atoms with Crippen molar-refractivity contribution < 1.29 is 4.79 Å². The van der Waals surface area contributed by atoms with Gasteiger partial charge in [0.05, 0.1) is 0 Å². The number of hydrogen-bond donors (Lipinski definition) is 2. The van der Waals surface area contributed by atoms with Crippen LogP contribution in [-0.4, -0.2) is 25.5 Å². The molecule has 5 heteroatoms. The van der Waals surface area contributed by atoms with Gasteiger partial charge in [-0.2, -0.15) is 0 Å². The molecule has 1 aromatic carbocycles. The highest BCUT2D eigenvalue weighted by Gasteiger charge is 2.38. The maximum atomic E-state index is 12.2. The van der Waals surface area contributed by atoms with Gasteiger partial charge in [-0.25, -0.2) is 0 Å². The normalized spacial score (nSPS) is 19.9. The van der Waals surface area contributed by atoms with E-state index in [0.29, 0.717) is 6.42 Å². The Bertz CT molecular complexity index is 525. The smallest absolute Gasteiger partial charge is 0.220 e. The molecular formula is C19H28BrClN2O. The quantitative estimate of drug-likeness (QED) is 0.731. The van der Waals surface area contributed by atoms with Crippen molar-refractivity contribution in [3.8, 4) is 0 Å². The lowest BCUT2D eigenvalue weighted by atomic mass is 9.64. The highest BCUT2D eigenvalue weighted by atomic mass is 79.9. The summed E-state index contributed by atoms with van der Waals surface area (Å²) in [5, 5.41) is 6.59. The van der Waals surface area contributed by atoms with Gasteiger partial charge in [-0.3, -0.25) is 4.79 Å². The zero-order valence-electron chi connectivity index (χ0n) is 14.2. The van der Waals surface area contributed by atoms with Crippen LogP contribution in [0.5, 0.6) is 0 Å². The molecule has 0 aromatic heterocycles. The molecule has 1 amide bonds. The Labute approximate surface area is 159 Å². The maximum absolute atomic E-state index is 12.2. The molecular weight excluding hydrogens is 388 g/mol. The average Bonchev–Trinajstić information content (AvgIpc) is 2.54. The van der Waals surface area contributed by atoms with Gasteiger partial charge in [-0.15, -0.1) is 12.4 Å². The Kier molecular flexibility index (Phi) is 7.58. The fourth-order valence-electron chi connectivity index (χ4n) is 3.84. The predicted molar refractivity (Wildman–Crippen MR) is 105 cm³/mol. The average molecular weight is 416 g/mol. The molecule has 3 rings (SSSR count). The molecule has 0 atom stereocenters. The first kappa shape index (κ1) is 19.7. The molecule has 3 nitrogen and oxygen atoms in total. The van der Waals surface area contributed by atoms with E-state index in [2.05, 4.69) is 50.8 Å². The van der Waals surface area contributed by atoms with E-state index in [-0.39, 0.29) is 23.7 Å². The summed E-state index contributed by atoms with van der Waals surface area (Å²) in [6.07, 6.45) is 7.79. The topological polar surface area (TPSA) is 41.1 Å². The van der Waals surface area contributed by atoms with E-state index in [1.54, 1.807) is 0 Å². The first-order valence-electron chi connectivity index (χ1n) is 8.91. The van der Waals surface area contributed by atoms with Crippen LogP contribution in [0.4, 0.5) is 0 Å². The summed E-state index contributed by atoms with van der Waals surface area (Å²) in [6, 6.07) is 8.61. The van der Waals surface area contributed by atoms with E-state index >= 15 is 0 Å². The van der Waals surface area contributed by atoms with Gasteiger partial charge in [0.1, 0.15) is 0 Å². The Hall–Kier alpha value is -0.580. The largest absolute Gasteiger partial charge is 0.355 e. The number of rotatable bonds is 6. The van der Waals surface area contributed by atoms with Gasteiger partial charge in [0.15, 0.2) is 0 Å². The van der Waals surface area contributed by atoms with Crippen LogP contribution in [0, 0.1) is 5.92 Å². The van der Waals surface area contributed by atoms with E-state index in [0.717, 1.165) is 36.4 Å². The molecule has 1 aromatic rings. The van der Waals surface area contributed by atoms with Crippen molar-refractivity contribution in [3.05, 3.63) is 34.3 Å². The zero-order chi connectivity index (χ0) is 16.1. The molecule has 1 aliphatic heterocycles. The van der Waals surface area contributed by atoms with Crippen molar-refractivity contribution in [2.24, 2.45) is 5.92 Å². The molecule has 0 unspecified atom stereocenters. The standard InChI is InChI=1S/C19H27BrN2O.ClH/c20-17-5-3-16(4-6-17)19(10-1-11-19)14-22-18(23)7-2-15-8-12-21-13-9-15;/h3-6,15,21H,1-2,7-14H2,(H,22,23);1H. The Balaban J connectivity index is 0.00000208. The van der Waals surface area contributed by atoms with E-state index in [1.165, 1.54) is 37.7 Å². The van der Waals surface area contributed by atoms with Gasteiger partial charge < -0.3 is 10.6 Å². The molecule has 2 aliphatic rings. The molecule has 0 spiro atoms. The van der Waals surface area contributed by atoms with Crippen LogP contribution in [0.1, 0.15) is 50.5 Å². The van der Waals surface area contributed by atoms with Crippen molar-refractivity contribution in [3.63, 3.8) is 0 Å². The van der Waals surface area contributed by atoms with Crippen LogP contribution in [0.3, 0.4) is 0 Å². The van der Waals surface area contributed by atoms with Crippen molar-refractivity contribution in [1.29, 1.82) is 0 Å². The van der Waals surface area contributed by atoms with Crippen LogP contribution in [0.25, 0.3) is 0 Å². The van der Waals surface area contributed by atoms with Crippen LogP contribution < -0.4 is 10.6 Å². The first-order chi connectivity index (χ1) is 11.2. The Morgan fingerprint density at radius 2 is 1.88 bits per heavy atom. The highest BCUT2D eigenvalue weighted by molar-refractivity contribution is 9.10. The SMILES string of the molecule is Cl.O=C(CCC1CCNCC1)NCC1(c2ccc(Br)cc2)CCC1. The molecule has 134 valence electrons. The van der Waals surface area contributed by atoms with Gasteiger partial charge in [0.2, 0.25) is 5.91 Å². The second kappa shape index (κ2) is 9.21. The minimum Gasteiger partial charge on any atom is -0.355 e. The molecule has 2 fully saturated rings. The second-order valence-electron chi connectivity index (χ2n) is 7.15. The number of piperidine rings is 1. The highest BCUT2D eigenvalue weighted by Crippen LogP contribution is 2.43. The van der Waals surface area contributed by atoms with E-state index in [4.69, 9.17) is 0 Å². The predicted octanol–water partition coefficient (Wildman–Crippen LogP) is 4.19. The number of amides is 1. The maximum Gasteiger partial charge on any atom is 0.220 e. The van der Waals surface area contributed by atoms with E-state index in [9.17, 15) is 4.79 Å². The molecule has 24 heavy (non-hydrogen) atoms. The summed E-state index contributed by atoms with van der Waals surface area (Å²) in [7, 11) is 0. The van der Waals surface area contributed by atoms with Gasteiger partial charge in [0.25, 0.3) is 0 Å². The van der Waals surface area contributed by atoms with E-state index in [1.807, 2.05) is 0 Å². The minimum absolute atomic E-state index is 0. The third-order valence-electron chi connectivity index (χ3n) is 5.63. The lowest BCUT2D eigenvalue weighted by molar-refractivity contribution is -0.121. The molecule has 1 aliphatic carbocycles. The van der Waals surface area contributed by atoms with Crippen molar-refractivity contribution in [2.45, 2.75) is 50.4 Å². The van der Waals surface area contributed by atoms with Gasteiger partial charge in [0, 0.05) is 22.9 Å². The Morgan fingerprint density at radius 1 is 1.21 bits per heavy atom. The summed E-state index contributed by atoms with van der Waals surface area (Å²) in [4.78, 5) is 12.2. The van der Waals surface area contributed by atoms with Crippen molar-refractivity contribution in [1.82, 2.24) is 10.6 Å². The number of benzene rings is 1. The fourth-order valence-corrected chi connectivity index (χ4v) is 4.10. The monoisotopic (exact) mass is 414 g/mol. The van der Waals surface area contributed by atoms with Gasteiger partial charge in [-0.05, 0) is 68.8 Å². The summed E-state index contributed by atoms with van der Waals surface area (Å²) in [5.74, 6) is 0.957. The summed E-state index contributed by atoms with van der Waals surface area (Å²) < 4.78 is 1.11. The van der Waals surface area contributed by atoms with Crippen LogP contribution >= 0.6 is 28.3 Å². The molecule has 1 saturated heterocycles. The summed E-state index contributed by atoms with van der Waals surface area (Å²) in [6.45, 7) is 3.01. The number of carbonyl (C=O) groups excluding carboxylic acids is 1. The third-order valence-corrected chi connectivity index (χ3v) is 6.16. The van der Waals surface area contributed by atoms with Crippen molar-refractivity contribution in [2.75, 3.05) is 19.6 Å². The molecule has 1 heterocycles. The lowest BCUT2D eigenvalue weighted by Crippen LogP contribution is -2.45. The summed E-state index contributed by atoms with van der Waals surface area (Å²) >= 11 is 3.50. The van der Waals surface area contributed by atoms with E-state index < -0.39 is 0 Å². The van der Waals surface area contributed by atoms with Gasteiger partial charge >= 0.3 is 0 Å². The van der Waals surface area contributed by atoms with Gasteiger partial charge in [-0.1, -0.05) is 34.5 Å². The molecule has 0 radical (unpaired) electrons. The second-order valence-corrected chi connectivity index (χ2v) is 8.07. The number of halogens is 2. The lowest BCUT2D eigenvalue weighted by Gasteiger charge is -2.42. The molecule has 0 bridgehead atoms. The zero-order valence-corrected chi connectivity index (χ0v) is 16.6.